The van der Waals surface area contributed by atoms with Crippen LogP contribution in [0.25, 0.3) is 0 Å². The van der Waals surface area contributed by atoms with Crippen LogP contribution in [0.2, 0.25) is 0 Å². The number of thiol groups is 1. The first kappa shape index (κ1) is 14.7. The van der Waals surface area contributed by atoms with Gasteiger partial charge in [0.25, 0.3) is 7.13 Å². The minimum atomic E-state index is -0.322. The van der Waals surface area contributed by atoms with Crippen molar-refractivity contribution in [2.24, 2.45) is 0 Å². The number of carbonyl (C=O) groups excluding carboxylic acids is 2. The van der Waals surface area contributed by atoms with E-state index in [-0.39, 0.29) is 22.8 Å². The molecule has 0 fully saturated rings. The fourth-order valence-electron chi connectivity index (χ4n) is 0.597. The van der Waals surface area contributed by atoms with Crippen LogP contribution in [0.4, 0.5) is 0 Å². The molecule has 1 amide bonds. The number of hydrogen-bond donors (Lipinski definition) is 3. The van der Waals surface area contributed by atoms with Crippen molar-refractivity contribution in [1.82, 2.24) is 10.3 Å². The molecule has 3 atom stereocenters. The maximum Gasteiger partial charge on any atom is 0.258 e. The molecule has 0 heterocycles. The molecule has 0 bridgehead atoms. The number of rotatable bonds is 6. The second-order valence-corrected chi connectivity index (χ2v) is 4.40. The third kappa shape index (κ3) is 6.25. The summed E-state index contributed by atoms with van der Waals surface area (Å²) in [6, 6.07) is -0.322. The molecule has 0 aliphatic rings. The van der Waals surface area contributed by atoms with Crippen molar-refractivity contribution >= 4 is 61.1 Å². The number of amides is 1. The molecular formula is C5H13BN2O2P2S2. The van der Waals surface area contributed by atoms with Crippen molar-refractivity contribution in [3.8, 4) is 0 Å². The first-order valence-corrected chi connectivity index (χ1v) is 6.87. The Bertz CT molecular complexity index is 206. The van der Waals surface area contributed by atoms with Gasteiger partial charge in [0, 0.05) is 5.75 Å². The van der Waals surface area contributed by atoms with Gasteiger partial charge in [0.15, 0.2) is 0 Å². The summed E-state index contributed by atoms with van der Waals surface area (Å²) in [6.07, 6.45) is 0. The highest BCUT2D eigenvalue weighted by molar-refractivity contribution is 8.14. The van der Waals surface area contributed by atoms with Gasteiger partial charge in [-0.2, -0.15) is 21.7 Å². The Balaban J connectivity index is 3.77. The maximum absolute atomic E-state index is 11.4. The fourth-order valence-corrected chi connectivity index (χ4v) is 2.54. The fraction of sp³-hybridized carbons (Fsp3) is 0.600. The lowest BCUT2D eigenvalue weighted by Crippen LogP contribution is -2.32. The van der Waals surface area contributed by atoms with Gasteiger partial charge >= 0.3 is 0 Å². The van der Waals surface area contributed by atoms with Gasteiger partial charge in [0.05, 0.1) is 11.8 Å². The van der Waals surface area contributed by atoms with Crippen LogP contribution in [0.1, 0.15) is 0 Å². The zero-order valence-corrected chi connectivity index (χ0v) is 11.5. The zero-order chi connectivity index (χ0) is 11.0. The Hall–Kier alpha value is 0.725. The van der Waals surface area contributed by atoms with Gasteiger partial charge in [0.2, 0.25) is 11.0 Å². The monoisotopic (exact) mass is 270 g/mol. The van der Waals surface area contributed by atoms with Gasteiger partial charge < -0.3 is 5.23 Å². The average Bonchev–Trinajstić information content (AvgIpc) is 2.17. The molecule has 9 heteroatoms. The minimum absolute atomic E-state index is 0.0751. The number of thioether (sulfide) groups is 1. The highest BCUT2D eigenvalue weighted by atomic mass is 32.2. The molecule has 0 spiro atoms. The third-order valence-electron chi connectivity index (χ3n) is 1.31. The van der Waals surface area contributed by atoms with Crippen LogP contribution >= 0.6 is 42.9 Å². The standard InChI is InChI=1S/C5H13BN2O2P2S2/c9-4(7-6-11)2-14-5(10)3(1-13)8-12/h3,6,8,13H,1-2,11-12H2,(H,7,9)/t3-/m0/s1. The average molecular weight is 270 g/mol. The second-order valence-electron chi connectivity index (χ2n) is 2.31. The first-order valence-electron chi connectivity index (χ1n) is 3.86. The summed E-state index contributed by atoms with van der Waals surface area (Å²) in [5.41, 5.74) is 0. The van der Waals surface area contributed by atoms with Crippen molar-refractivity contribution in [2.75, 3.05) is 11.5 Å². The third-order valence-corrected chi connectivity index (χ3v) is 3.26. The molecule has 14 heavy (non-hydrogen) atoms. The van der Waals surface area contributed by atoms with E-state index >= 15 is 0 Å². The molecule has 2 N–H and O–H groups in total. The summed E-state index contributed by atoms with van der Waals surface area (Å²) in [5.74, 6) is 0.435. The van der Waals surface area contributed by atoms with Gasteiger partial charge in [0.1, 0.15) is 0 Å². The molecule has 0 aliphatic heterocycles. The van der Waals surface area contributed by atoms with Gasteiger partial charge in [-0.1, -0.05) is 21.2 Å². The summed E-state index contributed by atoms with van der Waals surface area (Å²) in [7, 11) is 5.15. The maximum atomic E-state index is 11.4. The predicted octanol–water partition coefficient (Wildman–Crippen LogP) is -0.818. The SMILES string of the molecule is O=C(CSC(=O)[C@H](CS)NP)NBP. The smallest absolute Gasteiger partial charge is 0.258 e. The van der Waals surface area contributed by atoms with Crippen LogP contribution in [-0.4, -0.2) is 35.7 Å². The first-order chi connectivity index (χ1) is 6.65. The quantitative estimate of drug-likeness (QED) is 0.335. The van der Waals surface area contributed by atoms with Crippen molar-refractivity contribution in [2.45, 2.75) is 6.04 Å². The Kier molecular flexibility index (Phi) is 9.45. The van der Waals surface area contributed by atoms with Gasteiger partial charge in [-0.15, -0.1) is 0 Å². The Labute approximate surface area is 98.6 Å². The van der Waals surface area contributed by atoms with Crippen molar-refractivity contribution in [1.29, 1.82) is 0 Å². The summed E-state index contributed by atoms with van der Waals surface area (Å²) in [5, 5.41) is 5.25. The summed E-state index contributed by atoms with van der Waals surface area (Å²) < 4.78 is 0. The molecule has 0 saturated carbocycles. The second kappa shape index (κ2) is 8.99. The van der Waals surface area contributed by atoms with E-state index in [4.69, 9.17) is 0 Å². The zero-order valence-electron chi connectivity index (χ0n) is 7.53. The van der Waals surface area contributed by atoms with Crippen molar-refractivity contribution in [3.05, 3.63) is 0 Å². The Morgan fingerprint density at radius 1 is 1.57 bits per heavy atom. The predicted molar refractivity (Wildman–Crippen MR) is 73.0 cm³/mol. The molecule has 0 aliphatic carbocycles. The molecular weight excluding hydrogens is 257 g/mol. The molecule has 4 nitrogen and oxygen atoms in total. The van der Waals surface area contributed by atoms with E-state index in [9.17, 15) is 9.59 Å². The van der Waals surface area contributed by atoms with E-state index in [1.807, 2.05) is 0 Å². The lowest BCUT2D eigenvalue weighted by atomic mass is 10.4. The van der Waals surface area contributed by atoms with Crippen LogP contribution in [0.5, 0.6) is 0 Å². The number of nitrogens with one attached hydrogen (secondary N) is 2. The molecule has 0 saturated heterocycles. The highest BCUT2D eigenvalue weighted by Gasteiger charge is 2.16. The lowest BCUT2D eigenvalue weighted by Gasteiger charge is -2.10. The largest absolute Gasteiger partial charge is 0.398 e. The Morgan fingerprint density at radius 3 is 2.64 bits per heavy atom. The van der Waals surface area contributed by atoms with Crippen LogP contribution in [-0.2, 0) is 9.59 Å². The topological polar surface area (TPSA) is 58.2 Å². The summed E-state index contributed by atoms with van der Waals surface area (Å²) >= 11 is 5.00. The minimum Gasteiger partial charge on any atom is -0.398 e. The van der Waals surface area contributed by atoms with E-state index in [0.29, 0.717) is 12.9 Å². The van der Waals surface area contributed by atoms with Crippen molar-refractivity contribution in [3.63, 3.8) is 0 Å². The lowest BCUT2D eigenvalue weighted by molar-refractivity contribution is -0.117. The molecule has 0 rings (SSSR count). The van der Waals surface area contributed by atoms with E-state index in [1.54, 1.807) is 0 Å². The van der Waals surface area contributed by atoms with Crippen LogP contribution in [0.3, 0.4) is 0 Å². The Morgan fingerprint density at radius 2 is 2.21 bits per heavy atom. The van der Waals surface area contributed by atoms with E-state index in [1.165, 1.54) is 0 Å². The molecule has 80 valence electrons. The molecule has 0 radical (unpaired) electrons. The highest BCUT2D eigenvalue weighted by Crippen LogP contribution is 2.07. The molecule has 2 unspecified atom stereocenters. The van der Waals surface area contributed by atoms with Gasteiger partial charge in [-0.25, -0.2) is 0 Å². The van der Waals surface area contributed by atoms with E-state index in [2.05, 4.69) is 41.5 Å². The van der Waals surface area contributed by atoms with Gasteiger partial charge in [-0.05, 0) is 0 Å². The van der Waals surface area contributed by atoms with E-state index in [0.717, 1.165) is 11.8 Å². The molecule has 0 aromatic heterocycles. The number of carbonyl (C=O) groups is 2. The molecule has 0 aromatic carbocycles. The normalized spacial score (nSPS) is 11.9. The van der Waals surface area contributed by atoms with Crippen LogP contribution < -0.4 is 10.3 Å². The van der Waals surface area contributed by atoms with Crippen LogP contribution in [0.15, 0.2) is 0 Å². The van der Waals surface area contributed by atoms with Crippen molar-refractivity contribution < 1.29 is 9.59 Å². The molecule has 0 aromatic rings. The van der Waals surface area contributed by atoms with Crippen LogP contribution in [0, 0.1) is 0 Å². The number of hydrogen-bond acceptors (Lipinski definition) is 5. The summed E-state index contributed by atoms with van der Waals surface area (Å²) in [4.78, 5) is 22.4. The van der Waals surface area contributed by atoms with E-state index < -0.39 is 0 Å². The summed E-state index contributed by atoms with van der Waals surface area (Å²) in [6.45, 7) is 0. The van der Waals surface area contributed by atoms with Gasteiger partial charge in [-0.3, -0.25) is 14.7 Å².